The van der Waals surface area contributed by atoms with Crippen LogP contribution in [-0.2, 0) is 4.79 Å². The number of Topliss-reactive ketones (excluding diaryl/α,β-unsaturated/α-hetero) is 1. The summed E-state index contributed by atoms with van der Waals surface area (Å²) in [4.78, 5) is 11.2. The van der Waals surface area contributed by atoms with Crippen molar-refractivity contribution in [3.05, 3.63) is 24.2 Å². The van der Waals surface area contributed by atoms with Crippen molar-refractivity contribution in [1.29, 1.82) is 0 Å². The van der Waals surface area contributed by atoms with Crippen LogP contribution in [0.1, 0.15) is 31.4 Å². The molecule has 2 heteroatoms. The van der Waals surface area contributed by atoms with E-state index >= 15 is 0 Å². The zero-order chi connectivity index (χ0) is 8.55. The van der Waals surface area contributed by atoms with Crippen molar-refractivity contribution in [3.8, 4) is 0 Å². The molecule has 1 aliphatic rings. The van der Waals surface area contributed by atoms with Crippen LogP contribution in [0.25, 0.3) is 0 Å². The largest absolute Gasteiger partial charge is 0.469 e. The molecule has 0 amide bonds. The average molecular weight is 164 g/mol. The predicted octanol–water partition coefficient (Wildman–Crippen LogP) is 2.36. The lowest BCUT2D eigenvalue weighted by molar-refractivity contribution is -0.120. The number of hydrogen-bond donors (Lipinski definition) is 0. The third-order valence-corrected chi connectivity index (χ3v) is 2.72. The minimum absolute atomic E-state index is 0.149. The Hall–Kier alpha value is -1.05. The standard InChI is InChI=1S/C10H12O2/c1-7-8(4-5-9(7)11)10-3-2-6-12-10/h2-3,6-8H,4-5H2,1H3. The van der Waals surface area contributed by atoms with Crippen LogP contribution in [0.4, 0.5) is 0 Å². The maximum atomic E-state index is 11.2. The first-order valence-electron chi connectivity index (χ1n) is 4.35. The van der Waals surface area contributed by atoms with Crippen molar-refractivity contribution < 1.29 is 9.21 Å². The summed E-state index contributed by atoms with van der Waals surface area (Å²) in [6.45, 7) is 1.99. The van der Waals surface area contributed by atoms with Crippen molar-refractivity contribution >= 4 is 5.78 Å². The fourth-order valence-electron chi connectivity index (χ4n) is 1.89. The van der Waals surface area contributed by atoms with Gasteiger partial charge in [0.05, 0.1) is 6.26 Å². The topological polar surface area (TPSA) is 30.2 Å². The molecule has 0 aromatic carbocycles. The first-order valence-corrected chi connectivity index (χ1v) is 4.35. The van der Waals surface area contributed by atoms with Gasteiger partial charge in [-0.15, -0.1) is 0 Å². The fourth-order valence-corrected chi connectivity index (χ4v) is 1.89. The van der Waals surface area contributed by atoms with Crippen molar-refractivity contribution in [2.24, 2.45) is 5.92 Å². The summed E-state index contributed by atoms with van der Waals surface area (Å²) in [5, 5.41) is 0. The van der Waals surface area contributed by atoms with Gasteiger partial charge in [-0.25, -0.2) is 0 Å². The molecule has 1 saturated carbocycles. The van der Waals surface area contributed by atoms with Crippen LogP contribution < -0.4 is 0 Å². The number of carbonyl (C=O) groups is 1. The van der Waals surface area contributed by atoms with Gasteiger partial charge in [0.25, 0.3) is 0 Å². The van der Waals surface area contributed by atoms with Crippen LogP contribution in [0.5, 0.6) is 0 Å². The second-order valence-corrected chi connectivity index (χ2v) is 3.42. The molecule has 1 fully saturated rings. The van der Waals surface area contributed by atoms with E-state index in [2.05, 4.69) is 0 Å². The third-order valence-electron chi connectivity index (χ3n) is 2.72. The van der Waals surface area contributed by atoms with Crippen LogP contribution in [0, 0.1) is 5.92 Å². The van der Waals surface area contributed by atoms with Gasteiger partial charge in [-0.05, 0) is 18.6 Å². The highest BCUT2D eigenvalue weighted by molar-refractivity contribution is 5.83. The molecular formula is C10H12O2. The van der Waals surface area contributed by atoms with E-state index in [1.807, 2.05) is 19.1 Å². The second kappa shape index (κ2) is 2.77. The number of hydrogen-bond acceptors (Lipinski definition) is 2. The monoisotopic (exact) mass is 164 g/mol. The normalized spacial score (nSPS) is 29.6. The first-order chi connectivity index (χ1) is 5.79. The lowest BCUT2D eigenvalue weighted by Gasteiger charge is -2.09. The number of carbonyl (C=O) groups excluding carboxylic acids is 1. The summed E-state index contributed by atoms with van der Waals surface area (Å²) >= 11 is 0. The van der Waals surface area contributed by atoms with Gasteiger partial charge in [0.2, 0.25) is 0 Å². The van der Waals surface area contributed by atoms with E-state index in [1.165, 1.54) is 0 Å². The molecule has 0 N–H and O–H groups in total. The molecule has 2 rings (SSSR count). The van der Waals surface area contributed by atoms with Crippen LogP contribution >= 0.6 is 0 Å². The van der Waals surface area contributed by atoms with Crippen LogP contribution in [0.2, 0.25) is 0 Å². The Morgan fingerprint density at radius 3 is 2.92 bits per heavy atom. The van der Waals surface area contributed by atoms with E-state index in [0.717, 1.165) is 12.2 Å². The Morgan fingerprint density at radius 2 is 2.42 bits per heavy atom. The molecule has 1 aromatic heterocycles. The molecule has 2 atom stereocenters. The summed E-state index contributed by atoms with van der Waals surface area (Å²) in [7, 11) is 0. The Kier molecular flexibility index (Phi) is 1.75. The number of ketones is 1. The Morgan fingerprint density at radius 1 is 1.58 bits per heavy atom. The Bertz CT molecular complexity index is 274. The van der Waals surface area contributed by atoms with Gasteiger partial charge in [-0.2, -0.15) is 0 Å². The quantitative estimate of drug-likeness (QED) is 0.637. The summed E-state index contributed by atoms with van der Waals surface area (Å²) in [6, 6.07) is 3.84. The summed E-state index contributed by atoms with van der Waals surface area (Å²) in [6.07, 6.45) is 3.34. The maximum absolute atomic E-state index is 11.2. The smallest absolute Gasteiger partial charge is 0.136 e. The lowest BCUT2D eigenvalue weighted by Crippen LogP contribution is -2.07. The summed E-state index contributed by atoms with van der Waals surface area (Å²) in [5.74, 6) is 1.81. The molecule has 2 nitrogen and oxygen atoms in total. The van der Waals surface area contributed by atoms with Crippen molar-refractivity contribution in [1.82, 2.24) is 0 Å². The van der Waals surface area contributed by atoms with Crippen LogP contribution in [-0.4, -0.2) is 5.78 Å². The zero-order valence-electron chi connectivity index (χ0n) is 7.12. The summed E-state index contributed by atoms with van der Waals surface area (Å²) in [5.41, 5.74) is 0. The van der Waals surface area contributed by atoms with Crippen molar-refractivity contribution in [3.63, 3.8) is 0 Å². The molecule has 1 aliphatic carbocycles. The minimum atomic E-state index is 0.149. The van der Waals surface area contributed by atoms with E-state index in [1.54, 1.807) is 6.26 Å². The minimum Gasteiger partial charge on any atom is -0.469 e. The van der Waals surface area contributed by atoms with E-state index in [-0.39, 0.29) is 5.92 Å². The highest BCUT2D eigenvalue weighted by atomic mass is 16.3. The number of rotatable bonds is 1. The Labute approximate surface area is 71.6 Å². The lowest BCUT2D eigenvalue weighted by atomic mass is 9.95. The molecule has 0 spiro atoms. The molecule has 64 valence electrons. The molecular weight excluding hydrogens is 152 g/mol. The molecule has 0 saturated heterocycles. The van der Waals surface area contributed by atoms with Crippen molar-refractivity contribution in [2.45, 2.75) is 25.7 Å². The molecule has 1 aromatic rings. The van der Waals surface area contributed by atoms with E-state index < -0.39 is 0 Å². The molecule has 1 heterocycles. The maximum Gasteiger partial charge on any atom is 0.136 e. The van der Waals surface area contributed by atoms with Gasteiger partial charge < -0.3 is 4.42 Å². The molecule has 0 radical (unpaired) electrons. The molecule has 0 aliphatic heterocycles. The first kappa shape index (κ1) is 7.59. The highest BCUT2D eigenvalue weighted by Crippen LogP contribution is 2.36. The van der Waals surface area contributed by atoms with Crippen LogP contribution in [0.3, 0.4) is 0 Å². The zero-order valence-corrected chi connectivity index (χ0v) is 7.12. The fraction of sp³-hybridized carbons (Fsp3) is 0.500. The van der Waals surface area contributed by atoms with E-state index in [0.29, 0.717) is 18.1 Å². The van der Waals surface area contributed by atoms with Gasteiger partial charge in [0.15, 0.2) is 0 Å². The molecule has 12 heavy (non-hydrogen) atoms. The highest BCUT2D eigenvalue weighted by Gasteiger charge is 2.33. The SMILES string of the molecule is CC1C(=O)CCC1c1ccco1. The molecule has 0 bridgehead atoms. The van der Waals surface area contributed by atoms with Crippen LogP contribution in [0.15, 0.2) is 22.8 Å². The average Bonchev–Trinajstić information content (AvgIpc) is 2.64. The van der Waals surface area contributed by atoms with E-state index in [4.69, 9.17) is 4.42 Å². The van der Waals surface area contributed by atoms with Gasteiger partial charge in [-0.3, -0.25) is 4.79 Å². The van der Waals surface area contributed by atoms with Gasteiger partial charge >= 0.3 is 0 Å². The van der Waals surface area contributed by atoms with Gasteiger partial charge in [0.1, 0.15) is 11.5 Å². The third kappa shape index (κ3) is 1.07. The Balaban J connectivity index is 2.21. The van der Waals surface area contributed by atoms with Gasteiger partial charge in [0, 0.05) is 18.3 Å². The number of furan rings is 1. The second-order valence-electron chi connectivity index (χ2n) is 3.42. The molecule has 2 unspecified atom stereocenters. The van der Waals surface area contributed by atoms with Gasteiger partial charge in [-0.1, -0.05) is 6.92 Å². The van der Waals surface area contributed by atoms with E-state index in [9.17, 15) is 4.79 Å². The summed E-state index contributed by atoms with van der Waals surface area (Å²) < 4.78 is 5.28. The predicted molar refractivity (Wildman–Crippen MR) is 44.9 cm³/mol. The van der Waals surface area contributed by atoms with Crippen molar-refractivity contribution in [2.75, 3.05) is 0 Å².